The van der Waals surface area contributed by atoms with Crippen molar-refractivity contribution in [2.45, 2.75) is 25.9 Å². The summed E-state index contributed by atoms with van der Waals surface area (Å²) in [6, 6.07) is 1.75. The number of carbonyl (C=O) groups excluding carboxylic acids is 3. The molecule has 1 saturated heterocycles. The molecular weight excluding hydrogens is 352 g/mol. The van der Waals surface area contributed by atoms with Crippen LogP contribution in [-0.2, 0) is 19.1 Å². The summed E-state index contributed by atoms with van der Waals surface area (Å²) < 4.78 is 5.26. The highest BCUT2D eigenvalue weighted by molar-refractivity contribution is 6.37. The van der Waals surface area contributed by atoms with Gasteiger partial charge in [0.1, 0.15) is 5.71 Å². The Morgan fingerprint density at radius 2 is 1.78 bits per heavy atom. The highest BCUT2D eigenvalue weighted by Gasteiger charge is 2.30. The van der Waals surface area contributed by atoms with Crippen molar-refractivity contribution >= 4 is 29.4 Å². The summed E-state index contributed by atoms with van der Waals surface area (Å²) in [7, 11) is 1.49. The van der Waals surface area contributed by atoms with E-state index < -0.39 is 12.1 Å². The highest BCUT2D eigenvalue weighted by atomic mass is 16.5. The average Bonchev–Trinajstić information content (AvgIpc) is 2.70. The second-order valence-corrected chi connectivity index (χ2v) is 6.37. The molecule has 0 saturated carbocycles. The van der Waals surface area contributed by atoms with Gasteiger partial charge in [0, 0.05) is 58.5 Å². The molecule has 0 radical (unpaired) electrons. The minimum absolute atomic E-state index is 0.155. The lowest BCUT2D eigenvalue weighted by molar-refractivity contribution is -0.154. The fourth-order valence-corrected chi connectivity index (χ4v) is 2.93. The molecule has 0 spiro atoms. The van der Waals surface area contributed by atoms with Crippen LogP contribution in [0.4, 0.5) is 5.95 Å². The number of aromatic nitrogens is 2. The van der Waals surface area contributed by atoms with E-state index in [9.17, 15) is 14.4 Å². The summed E-state index contributed by atoms with van der Waals surface area (Å²) >= 11 is 0. The number of rotatable bonds is 4. The standard InChI is InChI=1S/C17H22N6O4/c1-12(27-16(26)13-4-5-14(24)21(2)20-13)15(25)22-8-10-23(11-9-22)17-18-6-3-7-19-17/h3,6-7,12H,4-5,8-11H2,1-2H3. The Hall–Kier alpha value is -3.04. The molecule has 1 atom stereocenters. The molecule has 1 aromatic rings. The van der Waals surface area contributed by atoms with Crippen LogP contribution >= 0.6 is 0 Å². The third-order valence-corrected chi connectivity index (χ3v) is 4.50. The molecule has 2 aliphatic rings. The minimum atomic E-state index is -0.914. The van der Waals surface area contributed by atoms with E-state index in [2.05, 4.69) is 15.1 Å². The van der Waals surface area contributed by atoms with Gasteiger partial charge in [-0.15, -0.1) is 0 Å². The molecule has 10 heteroatoms. The maximum atomic E-state index is 12.6. The molecule has 1 fully saturated rings. The van der Waals surface area contributed by atoms with Gasteiger partial charge in [-0.3, -0.25) is 9.59 Å². The predicted octanol–water partition coefficient (Wildman–Crippen LogP) is -0.335. The number of esters is 1. The first-order chi connectivity index (χ1) is 13.0. The summed E-state index contributed by atoms with van der Waals surface area (Å²) in [6.07, 6.45) is 2.87. The average molecular weight is 374 g/mol. The number of hydrogen-bond donors (Lipinski definition) is 0. The Kier molecular flexibility index (Phi) is 5.63. The van der Waals surface area contributed by atoms with Crippen molar-refractivity contribution in [1.82, 2.24) is 19.9 Å². The smallest absolute Gasteiger partial charge is 0.355 e. The zero-order valence-electron chi connectivity index (χ0n) is 15.4. The van der Waals surface area contributed by atoms with E-state index in [-0.39, 0.29) is 30.4 Å². The number of amides is 2. The molecule has 0 bridgehead atoms. The highest BCUT2D eigenvalue weighted by Crippen LogP contribution is 2.13. The van der Waals surface area contributed by atoms with Crippen LogP contribution < -0.4 is 4.90 Å². The van der Waals surface area contributed by atoms with Gasteiger partial charge in [-0.2, -0.15) is 5.10 Å². The Morgan fingerprint density at radius 1 is 1.11 bits per heavy atom. The minimum Gasteiger partial charge on any atom is -0.448 e. The quantitative estimate of drug-likeness (QED) is 0.664. The first-order valence-electron chi connectivity index (χ1n) is 8.81. The van der Waals surface area contributed by atoms with Gasteiger partial charge >= 0.3 is 5.97 Å². The SMILES string of the molecule is CC(OC(=O)C1=NN(C)C(=O)CC1)C(=O)N1CCN(c2ncccn2)CC1. The molecule has 27 heavy (non-hydrogen) atoms. The van der Waals surface area contributed by atoms with Crippen LogP contribution in [-0.4, -0.2) is 82.7 Å². The molecule has 0 aromatic carbocycles. The van der Waals surface area contributed by atoms with Gasteiger partial charge in [0.2, 0.25) is 11.9 Å². The maximum absolute atomic E-state index is 12.6. The van der Waals surface area contributed by atoms with Gasteiger partial charge in [-0.05, 0) is 13.0 Å². The lowest BCUT2D eigenvalue weighted by Crippen LogP contribution is -2.52. The number of piperazine rings is 1. The van der Waals surface area contributed by atoms with Crippen molar-refractivity contribution in [3.63, 3.8) is 0 Å². The molecule has 0 N–H and O–H groups in total. The first-order valence-corrected chi connectivity index (χ1v) is 8.81. The van der Waals surface area contributed by atoms with E-state index in [1.807, 2.05) is 4.90 Å². The van der Waals surface area contributed by atoms with Gasteiger partial charge in [-0.25, -0.2) is 19.8 Å². The van der Waals surface area contributed by atoms with E-state index in [4.69, 9.17) is 4.74 Å². The van der Waals surface area contributed by atoms with E-state index >= 15 is 0 Å². The van der Waals surface area contributed by atoms with E-state index in [0.29, 0.717) is 32.1 Å². The number of ether oxygens (including phenoxy) is 1. The lowest BCUT2D eigenvalue weighted by Gasteiger charge is -2.35. The summed E-state index contributed by atoms with van der Waals surface area (Å²) in [6.45, 7) is 3.76. The number of anilines is 1. The monoisotopic (exact) mass is 374 g/mol. The van der Waals surface area contributed by atoms with Crippen molar-refractivity contribution in [2.75, 3.05) is 38.1 Å². The molecule has 10 nitrogen and oxygen atoms in total. The van der Waals surface area contributed by atoms with Crippen LogP contribution in [0.25, 0.3) is 0 Å². The van der Waals surface area contributed by atoms with Crippen molar-refractivity contribution in [2.24, 2.45) is 5.10 Å². The summed E-state index contributed by atoms with van der Waals surface area (Å²) in [4.78, 5) is 48.3. The third kappa shape index (κ3) is 4.39. The number of hydrogen-bond acceptors (Lipinski definition) is 8. The van der Waals surface area contributed by atoms with Crippen molar-refractivity contribution in [3.05, 3.63) is 18.5 Å². The van der Waals surface area contributed by atoms with Crippen LogP contribution in [0.5, 0.6) is 0 Å². The molecule has 0 aliphatic carbocycles. The lowest BCUT2D eigenvalue weighted by atomic mass is 10.1. The van der Waals surface area contributed by atoms with E-state index in [1.54, 1.807) is 30.3 Å². The number of carbonyl (C=O) groups is 3. The molecule has 2 amide bonds. The molecule has 3 rings (SSSR count). The van der Waals surface area contributed by atoms with Gasteiger partial charge in [-0.1, -0.05) is 0 Å². The van der Waals surface area contributed by atoms with Crippen LogP contribution in [0.2, 0.25) is 0 Å². The Labute approximate surface area is 156 Å². The normalized spacial score (nSPS) is 18.8. The summed E-state index contributed by atoms with van der Waals surface area (Å²) in [5.74, 6) is -0.432. The van der Waals surface area contributed by atoms with Crippen LogP contribution in [0, 0.1) is 0 Å². The topological polar surface area (TPSA) is 108 Å². The van der Waals surface area contributed by atoms with Gasteiger partial charge in [0.25, 0.3) is 5.91 Å². The van der Waals surface area contributed by atoms with E-state index in [0.717, 1.165) is 5.01 Å². The van der Waals surface area contributed by atoms with Crippen LogP contribution in [0.3, 0.4) is 0 Å². The van der Waals surface area contributed by atoms with Crippen molar-refractivity contribution in [1.29, 1.82) is 0 Å². The fraction of sp³-hybridized carbons (Fsp3) is 0.529. The fourth-order valence-electron chi connectivity index (χ4n) is 2.93. The summed E-state index contributed by atoms with van der Waals surface area (Å²) in [5.41, 5.74) is 0.155. The van der Waals surface area contributed by atoms with Crippen molar-refractivity contribution in [3.8, 4) is 0 Å². The van der Waals surface area contributed by atoms with Crippen LogP contribution in [0.15, 0.2) is 23.6 Å². The molecule has 1 unspecified atom stereocenters. The zero-order chi connectivity index (χ0) is 19.4. The molecule has 1 aromatic heterocycles. The second-order valence-electron chi connectivity index (χ2n) is 6.37. The number of hydrazone groups is 1. The van der Waals surface area contributed by atoms with E-state index in [1.165, 1.54) is 7.05 Å². The molecular formula is C17H22N6O4. The van der Waals surface area contributed by atoms with Crippen molar-refractivity contribution < 1.29 is 19.1 Å². The molecule has 144 valence electrons. The zero-order valence-corrected chi connectivity index (χ0v) is 15.4. The number of nitrogens with zero attached hydrogens (tertiary/aromatic N) is 6. The summed E-state index contributed by atoms with van der Waals surface area (Å²) in [5, 5.41) is 5.03. The van der Waals surface area contributed by atoms with Gasteiger partial charge in [0.05, 0.1) is 0 Å². The predicted molar refractivity (Wildman–Crippen MR) is 95.8 cm³/mol. The Morgan fingerprint density at radius 3 is 2.41 bits per heavy atom. The van der Waals surface area contributed by atoms with Crippen LogP contribution in [0.1, 0.15) is 19.8 Å². The molecule has 3 heterocycles. The van der Waals surface area contributed by atoms with Gasteiger partial charge in [0.15, 0.2) is 6.10 Å². The van der Waals surface area contributed by atoms with Gasteiger partial charge < -0.3 is 14.5 Å². The largest absolute Gasteiger partial charge is 0.448 e. The Bertz CT molecular complexity index is 745. The first kappa shape index (κ1) is 18.7. The molecule has 2 aliphatic heterocycles. The maximum Gasteiger partial charge on any atom is 0.355 e. The Balaban J connectivity index is 1.52. The third-order valence-electron chi connectivity index (χ3n) is 4.50. The second kappa shape index (κ2) is 8.11.